The molecular weight excluding hydrogens is 306 g/mol. The van der Waals surface area contributed by atoms with E-state index in [2.05, 4.69) is 15.6 Å². The Morgan fingerprint density at radius 3 is 2.50 bits per heavy atom. The fourth-order valence-electron chi connectivity index (χ4n) is 1.95. The minimum absolute atomic E-state index is 0.142. The molecule has 1 aromatic heterocycles. The summed E-state index contributed by atoms with van der Waals surface area (Å²) in [6.45, 7) is 0.385. The number of rotatable bonds is 6. The van der Waals surface area contributed by atoms with E-state index in [0.717, 1.165) is 11.1 Å². The average molecular weight is 325 g/mol. The van der Waals surface area contributed by atoms with Crippen LogP contribution in [-0.4, -0.2) is 31.0 Å². The molecule has 0 saturated carbocycles. The predicted octanol–water partition coefficient (Wildman–Crippen LogP) is 1.78. The van der Waals surface area contributed by atoms with Crippen molar-refractivity contribution in [1.82, 2.24) is 15.6 Å². The molecule has 0 radical (unpaired) electrons. The molecule has 2 N–H and O–H groups in total. The molecule has 24 heavy (non-hydrogen) atoms. The van der Waals surface area contributed by atoms with Gasteiger partial charge in [-0.25, -0.2) is 4.98 Å². The molecule has 2 aromatic rings. The number of pyridine rings is 1. The summed E-state index contributed by atoms with van der Waals surface area (Å²) in [6.07, 6.45) is 4.79. The van der Waals surface area contributed by atoms with Gasteiger partial charge in [0.05, 0.1) is 7.11 Å². The second kappa shape index (κ2) is 8.47. The van der Waals surface area contributed by atoms with Gasteiger partial charge in [-0.2, -0.15) is 0 Å². The molecular formula is C18H19N3O3. The maximum Gasteiger partial charge on any atom is 0.251 e. The number of aromatic nitrogens is 1. The lowest BCUT2D eigenvalue weighted by atomic mass is 10.1. The number of benzene rings is 1. The summed E-state index contributed by atoms with van der Waals surface area (Å²) in [4.78, 5) is 27.3. The Labute approximate surface area is 140 Å². The molecule has 0 unspecified atom stereocenters. The third-order valence-corrected chi connectivity index (χ3v) is 3.30. The highest BCUT2D eigenvalue weighted by atomic mass is 16.5. The highest BCUT2D eigenvalue weighted by Gasteiger charge is 2.02. The van der Waals surface area contributed by atoms with Gasteiger partial charge in [-0.05, 0) is 29.3 Å². The lowest BCUT2D eigenvalue weighted by Gasteiger charge is -2.03. The van der Waals surface area contributed by atoms with Gasteiger partial charge in [0.1, 0.15) is 0 Å². The first kappa shape index (κ1) is 17.2. The molecule has 0 fully saturated rings. The normalized spacial score (nSPS) is 10.4. The molecule has 0 spiro atoms. The largest absolute Gasteiger partial charge is 0.481 e. The number of carbonyl (C=O) groups is 2. The first-order valence-electron chi connectivity index (χ1n) is 7.39. The van der Waals surface area contributed by atoms with Gasteiger partial charge < -0.3 is 15.4 Å². The number of methoxy groups -OCH3 is 1. The number of carbonyl (C=O) groups excluding carboxylic acids is 2. The Kier molecular flexibility index (Phi) is 6.08. The smallest absolute Gasteiger partial charge is 0.251 e. The fourth-order valence-corrected chi connectivity index (χ4v) is 1.95. The van der Waals surface area contributed by atoms with E-state index in [4.69, 9.17) is 4.74 Å². The lowest BCUT2D eigenvalue weighted by molar-refractivity contribution is -0.116. The Hall–Kier alpha value is -3.15. The highest BCUT2D eigenvalue weighted by Crippen LogP contribution is 2.07. The van der Waals surface area contributed by atoms with Crippen LogP contribution in [0.5, 0.6) is 5.88 Å². The quantitative estimate of drug-likeness (QED) is 0.793. The SMILES string of the molecule is CNC(=O)c1ccc(/C=C/C(=O)NCc2ccc(OC)nc2)cc1. The second-order valence-corrected chi connectivity index (χ2v) is 4.96. The zero-order valence-corrected chi connectivity index (χ0v) is 13.6. The van der Waals surface area contributed by atoms with E-state index in [1.165, 1.54) is 6.08 Å². The third kappa shape index (κ3) is 4.95. The first-order chi connectivity index (χ1) is 11.6. The molecule has 0 atom stereocenters. The van der Waals surface area contributed by atoms with Crippen LogP contribution in [0.4, 0.5) is 0 Å². The summed E-state index contributed by atoms with van der Waals surface area (Å²) in [6, 6.07) is 10.6. The Balaban J connectivity index is 1.86. The van der Waals surface area contributed by atoms with E-state index >= 15 is 0 Å². The van der Waals surface area contributed by atoms with Crippen molar-refractivity contribution >= 4 is 17.9 Å². The molecule has 0 saturated heterocycles. The zero-order valence-electron chi connectivity index (χ0n) is 13.6. The van der Waals surface area contributed by atoms with Crippen LogP contribution in [0.1, 0.15) is 21.5 Å². The number of hydrogen-bond acceptors (Lipinski definition) is 4. The van der Waals surface area contributed by atoms with Gasteiger partial charge >= 0.3 is 0 Å². The molecule has 1 aromatic carbocycles. The molecule has 1 heterocycles. The standard InChI is InChI=1S/C18H19N3O3/c1-19-18(23)15-7-3-13(4-8-15)5-9-16(22)20-11-14-6-10-17(24-2)21-12-14/h3-10,12H,11H2,1-2H3,(H,19,23)(H,20,22)/b9-5+. The van der Waals surface area contributed by atoms with Crippen molar-refractivity contribution in [2.24, 2.45) is 0 Å². The van der Waals surface area contributed by atoms with E-state index in [9.17, 15) is 9.59 Å². The van der Waals surface area contributed by atoms with Crippen LogP contribution < -0.4 is 15.4 Å². The van der Waals surface area contributed by atoms with E-state index in [0.29, 0.717) is 18.0 Å². The molecule has 0 aliphatic carbocycles. The van der Waals surface area contributed by atoms with Gasteiger partial charge in [-0.3, -0.25) is 9.59 Å². The summed E-state index contributed by atoms with van der Waals surface area (Å²) >= 11 is 0. The van der Waals surface area contributed by atoms with Crippen molar-refractivity contribution in [2.45, 2.75) is 6.54 Å². The maximum atomic E-state index is 11.8. The first-order valence-corrected chi connectivity index (χ1v) is 7.39. The number of nitrogens with zero attached hydrogens (tertiary/aromatic N) is 1. The molecule has 0 aliphatic heterocycles. The molecule has 2 amide bonds. The Morgan fingerprint density at radius 2 is 1.92 bits per heavy atom. The van der Waals surface area contributed by atoms with Crippen LogP contribution in [0.3, 0.4) is 0 Å². The van der Waals surface area contributed by atoms with Gasteiger partial charge in [-0.15, -0.1) is 0 Å². The molecule has 0 bridgehead atoms. The molecule has 0 aliphatic rings. The Morgan fingerprint density at radius 1 is 1.17 bits per heavy atom. The second-order valence-electron chi connectivity index (χ2n) is 4.96. The van der Waals surface area contributed by atoms with Crippen LogP contribution >= 0.6 is 0 Å². The van der Waals surface area contributed by atoms with Gasteiger partial charge in [-0.1, -0.05) is 18.2 Å². The van der Waals surface area contributed by atoms with E-state index in [1.807, 2.05) is 6.07 Å². The van der Waals surface area contributed by atoms with Crippen LogP contribution in [0.2, 0.25) is 0 Å². The van der Waals surface area contributed by atoms with Crippen molar-refractivity contribution in [3.05, 3.63) is 65.4 Å². The van der Waals surface area contributed by atoms with Crippen LogP contribution in [0.25, 0.3) is 6.08 Å². The summed E-state index contributed by atoms with van der Waals surface area (Å²) in [5.41, 5.74) is 2.29. The van der Waals surface area contributed by atoms with E-state index < -0.39 is 0 Å². The third-order valence-electron chi connectivity index (χ3n) is 3.30. The van der Waals surface area contributed by atoms with Gasteiger partial charge in [0.15, 0.2) is 0 Å². The maximum absolute atomic E-state index is 11.8. The number of amides is 2. The predicted molar refractivity (Wildman–Crippen MR) is 91.5 cm³/mol. The van der Waals surface area contributed by atoms with Crippen molar-refractivity contribution in [3.63, 3.8) is 0 Å². The molecule has 6 nitrogen and oxygen atoms in total. The molecule has 2 rings (SSSR count). The van der Waals surface area contributed by atoms with Crippen LogP contribution in [0.15, 0.2) is 48.7 Å². The van der Waals surface area contributed by atoms with E-state index in [1.54, 1.807) is 56.8 Å². The molecule has 6 heteroatoms. The summed E-state index contributed by atoms with van der Waals surface area (Å²) in [5, 5.41) is 5.33. The van der Waals surface area contributed by atoms with Crippen molar-refractivity contribution < 1.29 is 14.3 Å². The van der Waals surface area contributed by atoms with Crippen LogP contribution in [0, 0.1) is 0 Å². The summed E-state index contributed by atoms with van der Waals surface area (Å²) in [7, 11) is 3.13. The zero-order chi connectivity index (χ0) is 17.4. The summed E-state index contributed by atoms with van der Waals surface area (Å²) < 4.78 is 4.98. The van der Waals surface area contributed by atoms with Crippen molar-refractivity contribution in [1.29, 1.82) is 0 Å². The van der Waals surface area contributed by atoms with Crippen LogP contribution in [-0.2, 0) is 11.3 Å². The summed E-state index contributed by atoms with van der Waals surface area (Å²) in [5.74, 6) is 0.183. The van der Waals surface area contributed by atoms with Gasteiger partial charge in [0.2, 0.25) is 11.8 Å². The molecule has 124 valence electrons. The lowest BCUT2D eigenvalue weighted by Crippen LogP contribution is -2.20. The van der Waals surface area contributed by atoms with Gasteiger partial charge in [0.25, 0.3) is 5.91 Å². The average Bonchev–Trinajstić information content (AvgIpc) is 2.64. The number of hydrogen-bond donors (Lipinski definition) is 2. The van der Waals surface area contributed by atoms with E-state index in [-0.39, 0.29) is 11.8 Å². The van der Waals surface area contributed by atoms with Crippen molar-refractivity contribution in [3.8, 4) is 5.88 Å². The van der Waals surface area contributed by atoms with Crippen molar-refractivity contribution in [2.75, 3.05) is 14.2 Å². The number of ether oxygens (including phenoxy) is 1. The fraction of sp³-hybridized carbons (Fsp3) is 0.167. The van der Waals surface area contributed by atoms with Gasteiger partial charge in [0, 0.05) is 37.5 Å². The minimum Gasteiger partial charge on any atom is -0.481 e. The number of nitrogens with one attached hydrogen (secondary N) is 2. The minimum atomic E-state index is -0.207. The highest BCUT2D eigenvalue weighted by molar-refractivity contribution is 5.94. The Bertz CT molecular complexity index is 722. The monoisotopic (exact) mass is 325 g/mol. The topological polar surface area (TPSA) is 80.3 Å².